The Morgan fingerprint density at radius 3 is 2.68 bits per heavy atom. The van der Waals surface area contributed by atoms with Gasteiger partial charge < -0.3 is 10.1 Å². The zero-order valence-electron chi connectivity index (χ0n) is 11.3. The van der Waals surface area contributed by atoms with Crippen LogP contribution in [0.4, 0.5) is 0 Å². The van der Waals surface area contributed by atoms with E-state index in [4.69, 9.17) is 4.74 Å². The third-order valence-corrected chi connectivity index (χ3v) is 3.51. The van der Waals surface area contributed by atoms with Gasteiger partial charge in [-0.05, 0) is 50.7 Å². The Bertz CT molecular complexity index is 555. The summed E-state index contributed by atoms with van der Waals surface area (Å²) in [6.45, 7) is 4.09. The van der Waals surface area contributed by atoms with Gasteiger partial charge in [0.05, 0.1) is 11.9 Å². The number of rotatable bonds is 4. The second kappa shape index (κ2) is 6.17. The fourth-order valence-corrected chi connectivity index (χ4v) is 2.01. The molecule has 0 aliphatic rings. The van der Waals surface area contributed by atoms with Gasteiger partial charge in [0.15, 0.2) is 0 Å². The van der Waals surface area contributed by atoms with Crippen LogP contribution in [-0.4, -0.2) is 12.0 Å². The van der Waals surface area contributed by atoms with E-state index < -0.39 is 0 Å². The molecule has 4 heteroatoms. The van der Waals surface area contributed by atoms with E-state index in [0.717, 1.165) is 27.2 Å². The first-order valence-corrected chi connectivity index (χ1v) is 6.96. The third kappa shape index (κ3) is 3.55. The molecule has 1 aromatic heterocycles. The number of hydrogen-bond donors (Lipinski definition) is 1. The molecular weight excluding hydrogens is 304 g/mol. The Labute approximate surface area is 122 Å². The van der Waals surface area contributed by atoms with Crippen molar-refractivity contribution >= 4 is 15.9 Å². The average Bonchev–Trinajstić information content (AvgIpc) is 2.43. The summed E-state index contributed by atoms with van der Waals surface area (Å²) < 4.78 is 6.85. The van der Waals surface area contributed by atoms with E-state index in [1.54, 1.807) is 6.20 Å². The van der Waals surface area contributed by atoms with Crippen LogP contribution in [-0.2, 0) is 0 Å². The number of hydrogen-bond acceptors (Lipinski definition) is 3. The van der Waals surface area contributed by atoms with Crippen molar-refractivity contribution in [1.82, 2.24) is 10.3 Å². The maximum atomic E-state index is 5.85. The topological polar surface area (TPSA) is 34.1 Å². The molecule has 1 atom stereocenters. The van der Waals surface area contributed by atoms with Gasteiger partial charge in [-0.15, -0.1) is 0 Å². The van der Waals surface area contributed by atoms with Crippen molar-refractivity contribution in [1.29, 1.82) is 0 Å². The molecule has 19 heavy (non-hydrogen) atoms. The predicted molar refractivity (Wildman–Crippen MR) is 80.7 cm³/mol. The van der Waals surface area contributed by atoms with Crippen molar-refractivity contribution in [3.63, 3.8) is 0 Å². The lowest BCUT2D eigenvalue weighted by Crippen LogP contribution is -2.13. The molecule has 2 rings (SSSR count). The predicted octanol–water partition coefficient (Wildman–Crippen LogP) is 4.23. The Morgan fingerprint density at radius 1 is 1.26 bits per heavy atom. The van der Waals surface area contributed by atoms with Crippen LogP contribution in [0.25, 0.3) is 0 Å². The van der Waals surface area contributed by atoms with Crippen molar-refractivity contribution in [2.24, 2.45) is 0 Å². The number of benzene rings is 1. The molecule has 0 aliphatic heterocycles. The van der Waals surface area contributed by atoms with Crippen LogP contribution in [0, 0.1) is 6.92 Å². The SMILES string of the molecule is CNC(C)c1ccc(Oc2cc(Br)ccc2C)cn1. The van der Waals surface area contributed by atoms with Crippen LogP contribution in [0.1, 0.15) is 24.2 Å². The monoisotopic (exact) mass is 320 g/mol. The Kier molecular flexibility index (Phi) is 4.56. The molecular formula is C15H17BrN2O. The van der Waals surface area contributed by atoms with Crippen molar-refractivity contribution in [2.75, 3.05) is 7.05 Å². The molecule has 1 heterocycles. The van der Waals surface area contributed by atoms with Gasteiger partial charge in [-0.25, -0.2) is 0 Å². The minimum atomic E-state index is 0.238. The van der Waals surface area contributed by atoms with E-state index in [2.05, 4.69) is 33.2 Å². The first-order chi connectivity index (χ1) is 9.10. The molecule has 0 aliphatic carbocycles. The molecule has 1 unspecified atom stereocenters. The quantitative estimate of drug-likeness (QED) is 0.915. The van der Waals surface area contributed by atoms with Gasteiger partial charge in [0, 0.05) is 10.5 Å². The highest BCUT2D eigenvalue weighted by Gasteiger charge is 2.06. The van der Waals surface area contributed by atoms with Crippen LogP contribution in [0.5, 0.6) is 11.5 Å². The minimum absolute atomic E-state index is 0.238. The summed E-state index contributed by atoms with van der Waals surface area (Å²) in [7, 11) is 1.92. The molecule has 1 aromatic carbocycles. The summed E-state index contributed by atoms with van der Waals surface area (Å²) in [5.41, 5.74) is 2.09. The number of aryl methyl sites for hydroxylation is 1. The van der Waals surface area contributed by atoms with E-state index in [1.807, 2.05) is 44.3 Å². The zero-order valence-corrected chi connectivity index (χ0v) is 12.9. The van der Waals surface area contributed by atoms with Gasteiger partial charge in [-0.1, -0.05) is 22.0 Å². The van der Waals surface area contributed by atoms with E-state index in [9.17, 15) is 0 Å². The second-order valence-electron chi connectivity index (χ2n) is 4.44. The van der Waals surface area contributed by atoms with Crippen molar-refractivity contribution < 1.29 is 4.74 Å². The molecule has 0 bridgehead atoms. The molecule has 0 amide bonds. The highest BCUT2D eigenvalue weighted by atomic mass is 79.9. The van der Waals surface area contributed by atoms with Gasteiger partial charge in [-0.3, -0.25) is 4.98 Å². The summed E-state index contributed by atoms with van der Waals surface area (Å²) in [6.07, 6.45) is 1.75. The van der Waals surface area contributed by atoms with Gasteiger partial charge >= 0.3 is 0 Å². The lowest BCUT2D eigenvalue weighted by atomic mass is 10.2. The lowest BCUT2D eigenvalue weighted by Gasteiger charge is -2.12. The van der Waals surface area contributed by atoms with Crippen LogP contribution in [0.2, 0.25) is 0 Å². The van der Waals surface area contributed by atoms with E-state index in [1.165, 1.54) is 0 Å². The normalized spacial score (nSPS) is 12.2. The number of halogens is 1. The fraction of sp³-hybridized carbons (Fsp3) is 0.267. The Morgan fingerprint density at radius 2 is 2.05 bits per heavy atom. The molecule has 0 radical (unpaired) electrons. The smallest absolute Gasteiger partial charge is 0.145 e. The number of ether oxygens (including phenoxy) is 1. The van der Waals surface area contributed by atoms with Gasteiger partial charge in [0.25, 0.3) is 0 Å². The molecule has 2 aromatic rings. The Balaban J connectivity index is 2.17. The summed E-state index contributed by atoms with van der Waals surface area (Å²) in [5, 5.41) is 3.16. The number of nitrogens with one attached hydrogen (secondary N) is 1. The lowest BCUT2D eigenvalue weighted by molar-refractivity contribution is 0.474. The number of nitrogens with zero attached hydrogens (tertiary/aromatic N) is 1. The van der Waals surface area contributed by atoms with Gasteiger partial charge in [0.2, 0.25) is 0 Å². The molecule has 3 nitrogen and oxygen atoms in total. The molecule has 100 valence electrons. The van der Waals surface area contributed by atoms with Gasteiger partial charge in [-0.2, -0.15) is 0 Å². The summed E-state index contributed by atoms with van der Waals surface area (Å²) in [4.78, 5) is 4.40. The average molecular weight is 321 g/mol. The van der Waals surface area contributed by atoms with E-state index >= 15 is 0 Å². The maximum absolute atomic E-state index is 5.85. The number of pyridine rings is 1. The van der Waals surface area contributed by atoms with E-state index in [0.29, 0.717) is 0 Å². The summed E-state index contributed by atoms with van der Waals surface area (Å²) in [6, 6.07) is 10.1. The maximum Gasteiger partial charge on any atom is 0.145 e. The minimum Gasteiger partial charge on any atom is -0.455 e. The van der Waals surface area contributed by atoms with Crippen molar-refractivity contribution in [3.8, 4) is 11.5 Å². The second-order valence-corrected chi connectivity index (χ2v) is 5.36. The zero-order chi connectivity index (χ0) is 13.8. The van der Waals surface area contributed by atoms with Crippen LogP contribution >= 0.6 is 15.9 Å². The van der Waals surface area contributed by atoms with Gasteiger partial charge in [0.1, 0.15) is 11.5 Å². The van der Waals surface area contributed by atoms with Crippen molar-refractivity contribution in [2.45, 2.75) is 19.9 Å². The summed E-state index contributed by atoms with van der Waals surface area (Å²) >= 11 is 3.45. The van der Waals surface area contributed by atoms with Crippen LogP contribution in [0.3, 0.4) is 0 Å². The molecule has 0 spiro atoms. The molecule has 0 saturated heterocycles. The number of aromatic nitrogens is 1. The largest absolute Gasteiger partial charge is 0.455 e. The Hall–Kier alpha value is -1.39. The van der Waals surface area contributed by atoms with Crippen LogP contribution < -0.4 is 10.1 Å². The standard InChI is InChI=1S/C15H17BrN2O/c1-10-4-5-12(16)8-15(10)19-13-6-7-14(18-9-13)11(2)17-3/h4-9,11,17H,1-3H3. The highest BCUT2D eigenvalue weighted by Crippen LogP contribution is 2.28. The summed E-state index contributed by atoms with van der Waals surface area (Å²) in [5.74, 6) is 1.58. The molecule has 0 fully saturated rings. The molecule has 1 N–H and O–H groups in total. The van der Waals surface area contributed by atoms with Crippen molar-refractivity contribution in [3.05, 3.63) is 52.3 Å². The van der Waals surface area contributed by atoms with E-state index in [-0.39, 0.29) is 6.04 Å². The third-order valence-electron chi connectivity index (χ3n) is 3.01. The van der Waals surface area contributed by atoms with Crippen LogP contribution in [0.15, 0.2) is 41.0 Å². The fourth-order valence-electron chi connectivity index (χ4n) is 1.67. The first kappa shape index (κ1) is 14.0. The highest BCUT2D eigenvalue weighted by molar-refractivity contribution is 9.10. The first-order valence-electron chi connectivity index (χ1n) is 6.17. The molecule has 0 saturated carbocycles.